The van der Waals surface area contributed by atoms with Crippen molar-refractivity contribution >= 4 is 28.6 Å². The Bertz CT molecular complexity index is 1520. The zero-order valence-corrected chi connectivity index (χ0v) is 19.7. The van der Waals surface area contributed by atoms with Crippen LogP contribution >= 0.6 is 11.8 Å². The predicted molar refractivity (Wildman–Crippen MR) is 136 cm³/mol. The molecule has 0 spiro atoms. The van der Waals surface area contributed by atoms with Gasteiger partial charge in [-0.25, -0.2) is 4.98 Å². The van der Waals surface area contributed by atoms with Gasteiger partial charge in [-0.3, -0.25) is 14.2 Å². The predicted octanol–water partition coefficient (Wildman–Crippen LogP) is 4.44. The maximum absolute atomic E-state index is 13.4. The number of rotatable bonds is 7. The average Bonchev–Trinajstić information content (AvgIpc) is 2.88. The second-order valence-corrected chi connectivity index (χ2v) is 8.67. The minimum absolute atomic E-state index is 0.113. The monoisotopic (exact) mass is 482 g/mol. The standard InChI is InChI=1S/C27H22N4O3S/c1-18-9-5-8-14-23(18)31-26(34)20-12-6-7-13-22(20)30-27(31)35-17-24(32)21(15-28)25(33)29-16-19-10-3-2-4-11-19/h2-14,32H,16-17H2,1H3,(H,29,33). The Balaban J connectivity index is 1.64. The van der Waals surface area contributed by atoms with E-state index in [-0.39, 0.29) is 29.2 Å². The van der Waals surface area contributed by atoms with Gasteiger partial charge in [0.1, 0.15) is 11.8 Å². The maximum atomic E-state index is 13.4. The van der Waals surface area contributed by atoms with Gasteiger partial charge in [-0.2, -0.15) is 5.26 Å². The van der Waals surface area contributed by atoms with Gasteiger partial charge in [0.2, 0.25) is 0 Å². The molecule has 1 aromatic heterocycles. The number of aliphatic hydroxyl groups is 1. The van der Waals surface area contributed by atoms with E-state index in [0.29, 0.717) is 21.7 Å². The van der Waals surface area contributed by atoms with Crippen LogP contribution in [0, 0.1) is 18.3 Å². The molecule has 4 rings (SSSR count). The molecular weight excluding hydrogens is 460 g/mol. The molecule has 0 fully saturated rings. The summed E-state index contributed by atoms with van der Waals surface area (Å²) in [5, 5.41) is 23.6. The van der Waals surface area contributed by atoms with Crippen LogP contribution in [0.1, 0.15) is 11.1 Å². The first-order chi connectivity index (χ1) is 17.0. The van der Waals surface area contributed by atoms with E-state index in [1.54, 1.807) is 30.3 Å². The van der Waals surface area contributed by atoms with Crippen molar-refractivity contribution in [2.24, 2.45) is 0 Å². The van der Waals surface area contributed by atoms with Crippen molar-refractivity contribution in [3.8, 4) is 11.8 Å². The van der Waals surface area contributed by atoms with Gasteiger partial charge in [0.15, 0.2) is 10.7 Å². The highest BCUT2D eigenvalue weighted by molar-refractivity contribution is 7.99. The Morgan fingerprint density at radius 2 is 1.74 bits per heavy atom. The molecule has 0 atom stereocenters. The van der Waals surface area contributed by atoms with Gasteiger partial charge in [-0.15, -0.1) is 0 Å². The molecule has 1 amide bonds. The molecule has 4 aromatic rings. The van der Waals surface area contributed by atoms with Crippen LogP contribution in [0.4, 0.5) is 0 Å². The van der Waals surface area contributed by atoms with Crippen LogP contribution in [0.2, 0.25) is 0 Å². The first-order valence-corrected chi connectivity index (χ1v) is 11.8. The summed E-state index contributed by atoms with van der Waals surface area (Å²) >= 11 is 1.08. The highest BCUT2D eigenvalue weighted by Crippen LogP contribution is 2.25. The van der Waals surface area contributed by atoms with Gasteiger partial charge < -0.3 is 10.4 Å². The molecule has 0 unspecified atom stereocenters. The minimum Gasteiger partial charge on any atom is -0.510 e. The first-order valence-electron chi connectivity index (χ1n) is 10.8. The molecular formula is C27H22N4O3S. The van der Waals surface area contributed by atoms with E-state index in [9.17, 15) is 20.0 Å². The van der Waals surface area contributed by atoms with Gasteiger partial charge in [0.05, 0.1) is 22.3 Å². The quantitative estimate of drug-likeness (QED) is 0.133. The number of hydrogen-bond acceptors (Lipinski definition) is 6. The van der Waals surface area contributed by atoms with Gasteiger partial charge in [-0.1, -0.05) is 72.4 Å². The molecule has 1 heterocycles. The Kier molecular flexibility index (Phi) is 7.29. The van der Waals surface area contributed by atoms with Crippen LogP contribution in [0.15, 0.2) is 100 Å². The number of aryl methyl sites for hydroxylation is 1. The fourth-order valence-electron chi connectivity index (χ4n) is 3.55. The number of benzene rings is 3. The lowest BCUT2D eigenvalue weighted by Crippen LogP contribution is -2.25. The summed E-state index contributed by atoms with van der Waals surface area (Å²) in [6.45, 7) is 2.12. The third-order valence-electron chi connectivity index (χ3n) is 5.36. The molecule has 7 nitrogen and oxygen atoms in total. The highest BCUT2D eigenvalue weighted by Gasteiger charge is 2.18. The summed E-state index contributed by atoms with van der Waals surface area (Å²) in [4.78, 5) is 30.6. The number of nitrogens with one attached hydrogen (secondary N) is 1. The summed E-state index contributed by atoms with van der Waals surface area (Å²) in [6, 6.07) is 25.5. The average molecular weight is 483 g/mol. The lowest BCUT2D eigenvalue weighted by molar-refractivity contribution is -0.117. The van der Waals surface area contributed by atoms with Crippen LogP contribution in [-0.4, -0.2) is 26.3 Å². The molecule has 3 aromatic carbocycles. The lowest BCUT2D eigenvalue weighted by Gasteiger charge is -2.15. The molecule has 8 heteroatoms. The molecule has 0 radical (unpaired) electrons. The van der Waals surface area contributed by atoms with E-state index >= 15 is 0 Å². The second-order valence-electron chi connectivity index (χ2n) is 7.73. The van der Waals surface area contributed by atoms with Crippen molar-refractivity contribution in [2.45, 2.75) is 18.6 Å². The van der Waals surface area contributed by atoms with Crippen LogP contribution in [0.5, 0.6) is 0 Å². The maximum Gasteiger partial charge on any atom is 0.266 e. The Morgan fingerprint density at radius 3 is 2.49 bits per heavy atom. The van der Waals surface area contributed by atoms with Crippen molar-refractivity contribution in [3.05, 3.63) is 112 Å². The molecule has 2 N–H and O–H groups in total. The SMILES string of the molecule is Cc1ccccc1-n1c(SCC(O)=C(C#N)C(=O)NCc2ccccc2)nc2ccccc2c1=O. The summed E-state index contributed by atoms with van der Waals surface area (Å²) in [5.74, 6) is -1.17. The number of carbonyl (C=O) groups is 1. The number of aromatic nitrogens is 2. The third-order valence-corrected chi connectivity index (χ3v) is 6.31. The van der Waals surface area contributed by atoms with Crippen molar-refractivity contribution in [1.29, 1.82) is 5.26 Å². The molecule has 0 aliphatic carbocycles. The lowest BCUT2D eigenvalue weighted by atomic mass is 10.2. The smallest absolute Gasteiger partial charge is 0.266 e. The number of fused-ring (bicyclic) bond motifs is 1. The second kappa shape index (κ2) is 10.7. The fraction of sp³-hybridized carbons (Fsp3) is 0.111. The van der Waals surface area contributed by atoms with Crippen molar-refractivity contribution in [1.82, 2.24) is 14.9 Å². The van der Waals surface area contributed by atoms with Crippen molar-refractivity contribution in [3.63, 3.8) is 0 Å². The molecule has 174 valence electrons. The van der Waals surface area contributed by atoms with Crippen LogP contribution < -0.4 is 10.9 Å². The summed E-state index contributed by atoms with van der Waals surface area (Å²) in [6.07, 6.45) is 0. The molecule has 35 heavy (non-hydrogen) atoms. The van der Waals surface area contributed by atoms with Crippen molar-refractivity contribution in [2.75, 3.05) is 5.75 Å². The number of nitrogens with zero attached hydrogens (tertiary/aromatic N) is 3. The summed E-state index contributed by atoms with van der Waals surface area (Å²) in [7, 11) is 0. The summed E-state index contributed by atoms with van der Waals surface area (Å²) in [5.41, 5.74) is 2.33. The zero-order chi connectivity index (χ0) is 24.8. The minimum atomic E-state index is -0.669. The van der Waals surface area contributed by atoms with Gasteiger partial charge in [0.25, 0.3) is 11.5 Å². The topological polar surface area (TPSA) is 108 Å². The van der Waals surface area contributed by atoms with E-state index in [4.69, 9.17) is 0 Å². The molecule has 0 bridgehead atoms. The Morgan fingerprint density at radius 1 is 1.06 bits per heavy atom. The molecule has 0 saturated heterocycles. The zero-order valence-electron chi connectivity index (χ0n) is 18.9. The van der Waals surface area contributed by atoms with Crippen LogP contribution in [0.3, 0.4) is 0 Å². The largest absolute Gasteiger partial charge is 0.510 e. The van der Waals surface area contributed by atoms with Gasteiger partial charge >= 0.3 is 0 Å². The Hall–Kier alpha value is -4.35. The highest BCUT2D eigenvalue weighted by atomic mass is 32.2. The molecule has 0 saturated carbocycles. The molecule has 0 aliphatic heterocycles. The van der Waals surface area contributed by atoms with Gasteiger partial charge in [0, 0.05) is 6.54 Å². The number of carbonyl (C=O) groups excluding carboxylic acids is 1. The number of aliphatic hydroxyl groups excluding tert-OH is 1. The van der Waals surface area contributed by atoms with Crippen LogP contribution in [0.25, 0.3) is 16.6 Å². The third kappa shape index (κ3) is 5.26. The number of para-hydroxylation sites is 2. The Labute approximate surface area is 206 Å². The van der Waals surface area contributed by atoms with E-state index in [1.807, 2.05) is 61.5 Å². The number of amides is 1. The van der Waals surface area contributed by atoms with E-state index < -0.39 is 5.91 Å². The fourth-order valence-corrected chi connectivity index (χ4v) is 4.44. The number of hydrogen-bond donors (Lipinski definition) is 2. The number of nitriles is 1. The van der Waals surface area contributed by atoms with E-state index in [2.05, 4.69) is 10.3 Å². The normalized spacial score (nSPS) is 11.5. The first kappa shape index (κ1) is 23.8. The van der Waals surface area contributed by atoms with Crippen LogP contribution in [-0.2, 0) is 11.3 Å². The van der Waals surface area contributed by atoms with Crippen molar-refractivity contribution < 1.29 is 9.90 Å². The summed E-state index contributed by atoms with van der Waals surface area (Å²) < 4.78 is 1.50. The van der Waals surface area contributed by atoms with Gasteiger partial charge in [-0.05, 0) is 36.2 Å². The van der Waals surface area contributed by atoms with E-state index in [1.165, 1.54) is 4.57 Å². The molecule has 0 aliphatic rings. The number of thioether (sulfide) groups is 1. The van der Waals surface area contributed by atoms with E-state index in [0.717, 1.165) is 22.9 Å².